The summed E-state index contributed by atoms with van der Waals surface area (Å²) in [4.78, 5) is 42.9. The summed E-state index contributed by atoms with van der Waals surface area (Å²) in [6, 6.07) is 4.89. The third-order valence-corrected chi connectivity index (χ3v) is 6.10. The monoisotopic (exact) mass is 448 g/mol. The number of carbonyl (C=O) groups excluding carboxylic acids is 2. The minimum atomic E-state index is -1.34. The minimum absolute atomic E-state index is 0.122. The number of allylic oxidation sites excluding steroid dienone is 2. The highest BCUT2D eigenvalue weighted by Crippen LogP contribution is 2.51. The number of anilines is 1. The van der Waals surface area contributed by atoms with Crippen molar-refractivity contribution in [1.29, 1.82) is 0 Å². The van der Waals surface area contributed by atoms with Crippen LogP contribution in [0.2, 0.25) is 5.02 Å². The third-order valence-electron chi connectivity index (χ3n) is 5.19. The SMILES string of the molecule is C=C(CCC(=O)CC1(C(C)=O)C(=C)N(CC(=O)O)c2ccc(Cl)cc21)N=C(C)SC. The van der Waals surface area contributed by atoms with E-state index in [9.17, 15) is 19.5 Å². The highest BCUT2D eigenvalue weighted by Gasteiger charge is 2.51. The fourth-order valence-corrected chi connectivity index (χ4v) is 4.03. The molecule has 30 heavy (non-hydrogen) atoms. The summed E-state index contributed by atoms with van der Waals surface area (Å²) >= 11 is 7.67. The number of thioether (sulfide) groups is 1. The molecule has 0 radical (unpaired) electrons. The molecule has 1 N–H and O–H groups in total. The van der Waals surface area contributed by atoms with E-state index < -0.39 is 11.4 Å². The molecule has 1 aliphatic rings. The molecular weight excluding hydrogens is 424 g/mol. The number of rotatable bonds is 9. The van der Waals surface area contributed by atoms with Gasteiger partial charge in [-0.15, -0.1) is 11.8 Å². The number of hydrogen-bond donors (Lipinski definition) is 1. The highest BCUT2D eigenvalue weighted by atomic mass is 35.5. The second kappa shape index (κ2) is 9.62. The van der Waals surface area contributed by atoms with E-state index in [0.717, 1.165) is 5.04 Å². The van der Waals surface area contributed by atoms with E-state index in [0.29, 0.717) is 28.4 Å². The lowest BCUT2D eigenvalue weighted by Crippen LogP contribution is -2.40. The fraction of sp³-hybridized carbons (Fsp3) is 0.364. The molecule has 0 bridgehead atoms. The van der Waals surface area contributed by atoms with Gasteiger partial charge in [-0.3, -0.25) is 19.4 Å². The normalized spacial score (nSPS) is 18.3. The van der Waals surface area contributed by atoms with Crippen LogP contribution in [0, 0.1) is 0 Å². The summed E-state index contributed by atoms with van der Waals surface area (Å²) in [5.41, 5.74) is 0.565. The molecule has 8 heteroatoms. The number of halogens is 1. The Balaban J connectivity index is 2.37. The van der Waals surface area contributed by atoms with Crippen LogP contribution >= 0.6 is 23.4 Å². The summed E-state index contributed by atoms with van der Waals surface area (Å²) < 4.78 is 0. The Labute approximate surface area is 185 Å². The Kier molecular flexibility index (Phi) is 7.66. The molecule has 1 unspecified atom stereocenters. The maximum absolute atomic E-state index is 12.9. The number of hydrogen-bond acceptors (Lipinski definition) is 6. The van der Waals surface area contributed by atoms with E-state index in [1.807, 2.05) is 13.2 Å². The summed E-state index contributed by atoms with van der Waals surface area (Å²) in [6.07, 6.45) is 2.33. The highest BCUT2D eigenvalue weighted by molar-refractivity contribution is 8.13. The Morgan fingerprint density at radius 2 is 1.93 bits per heavy atom. The van der Waals surface area contributed by atoms with Crippen LogP contribution in [0.5, 0.6) is 0 Å². The molecule has 1 aromatic carbocycles. The molecular formula is C22H25ClN2O4S. The van der Waals surface area contributed by atoms with E-state index in [-0.39, 0.29) is 36.6 Å². The van der Waals surface area contributed by atoms with Gasteiger partial charge in [-0.2, -0.15) is 0 Å². The van der Waals surface area contributed by atoms with Crippen molar-refractivity contribution in [2.45, 2.75) is 38.5 Å². The molecule has 6 nitrogen and oxygen atoms in total. The number of aliphatic imine (C=N–C) groups is 1. The summed E-state index contributed by atoms with van der Waals surface area (Å²) in [6.45, 7) is 10.8. The smallest absolute Gasteiger partial charge is 0.323 e. The number of aliphatic carboxylic acids is 1. The minimum Gasteiger partial charge on any atom is -0.480 e. The quantitative estimate of drug-likeness (QED) is 0.438. The average molecular weight is 449 g/mol. The summed E-state index contributed by atoms with van der Waals surface area (Å²) in [5, 5.41) is 10.6. The molecule has 0 saturated heterocycles. The van der Waals surface area contributed by atoms with Crippen molar-refractivity contribution < 1.29 is 19.5 Å². The van der Waals surface area contributed by atoms with E-state index in [1.54, 1.807) is 18.2 Å². The molecule has 0 fully saturated rings. The van der Waals surface area contributed by atoms with Gasteiger partial charge in [0.15, 0.2) is 0 Å². The van der Waals surface area contributed by atoms with E-state index in [2.05, 4.69) is 18.2 Å². The van der Waals surface area contributed by atoms with Crippen molar-refractivity contribution in [1.82, 2.24) is 0 Å². The number of fused-ring (bicyclic) bond motifs is 1. The van der Waals surface area contributed by atoms with Crippen molar-refractivity contribution in [3.63, 3.8) is 0 Å². The van der Waals surface area contributed by atoms with Crippen LogP contribution in [0.25, 0.3) is 0 Å². The number of ketones is 2. The molecule has 0 aliphatic carbocycles. The number of benzene rings is 1. The Hall–Kier alpha value is -2.38. The van der Waals surface area contributed by atoms with Crippen LogP contribution in [0.15, 0.2) is 47.7 Å². The lowest BCUT2D eigenvalue weighted by Gasteiger charge is -2.29. The van der Waals surface area contributed by atoms with Crippen LogP contribution in [0.1, 0.15) is 38.7 Å². The van der Waals surface area contributed by atoms with Gasteiger partial charge >= 0.3 is 5.97 Å². The molecule has 0 saturated carbocycles. The molecule has 2 rings (SSSR count). The molecule has 1 aliphatic heterocycles. The van der Waals surface area contributed by atoms with Crippen LogP contribution in [0.4, 0.5) is 5.69 Å². The largest absolute Gasteiger partial charge is 0.480 e. The first-order chi connectivity index (χ1) is 14.0. The molecule has 0 amide bonds. The third kappa shape index (κ3) is 4.84. The number of carboxylic acid groups (broad SMARTS) is 1. The first-order valence-electron chi connectivity index (χ1n) is 9.31. The zero-order valence-corrected chi connectivity index (χ0v) is 18.9. The average Bonchev–Trinajstić information content (AvgIpc) is 2.88. The maximum atomic E-state index is 12.9. The van der Waals surface area contributed by atoms with Crippen LogP contribution < -0.4 is 4.90 Å². The zero-order chi connectivity index (χ0) is 22.6. The van der Waals surface area contributed by atoms with Gasteiger partial charge in [-0.25, -0.2) is 0 Å². The lowest BCUT2D eigenvalue weighted by atomic mass is 9.72. The Morgan fingerprint density at radius 1 is 1.27 bits per heavy atom. The Morgan fingerprint density at radius 3 is 2.50 bits per heavy atom. The molecule has 1 atom stereocenters. The van der Waals surface area contributed by atoms with Gasteiger partial charge < -0.3 is 10.0 Å². The molecule has 1 heterocycles. The standard InChI is InChI=1S/C22H25ClN2O4S/c1-13(24-16(4)30-5)6-8-18(27)11-22(15(3)26)14(2)25(12-21(28)29)20-9-7-17(23)10-19(20)22/h7,9-10H,1-2,6,8,11-12H2,3-5H3,(H,28,29). The van der Waals surface area contributed by atoms with Crippen LogP contribution in [-0.4, -0.2) is 40.5 Å². The number of nitrogens with zero attached hydrogens (tertiary/aromatic N) is 2. The molecule has 0 aromatic heterocycles. The van der Waals surface area contributed by atoms with Gasteiger partial charge in [-0.1, -0.05) is 24.8 Å². The molecule has 0 spiro atoms. The number of Topliss-reactive ketones (excluding diaryl/α,β-unsaturated/α-hetero) is 2. The fourth-order valence-electron chi connectivity index (χ4n) is 3.64. The second-order valence-electron chi connectivity index (χ2n) is 7.17. The zero-order valence-electron chi connectivity index (χ0n) is 17.3. The maximum Gasteiger partial charge on any atom is 0.323 e. The predicted octanol–water partition coefficient (Wildman–Crippen LogP) is 4.62. The number of carboxylic acids is 1. The topological polar surface area (TPSA) is 87.0 Å². The van der Waals surface area contributed by atoms with Gasteiger partial charge in [0.25, 0.3) is 0 Å². The summed E-state index contributed by atoms with van der Waals surface area (Å²) in [5.74, 6) is -1.51. The van der Waals surface area contributed by atoms with Crippen molar-refractivity contribution in [2.24, 2.45) is 4.99 Å². The van der Waals surface area contributed by atoms with Gasteiger partial charge in [-0.05, 0) is 50.3 Å². The van der Waals surface area contributed by atoms with E-state index >= 15 is 0 Å². The van der Waals surface area contributed by atoms with Crippen molar-refractivity contribution in [3.8, 4) is 0 Å². The second-order valence-corrected chi connectivity index (χ2v) is 8.60. The van der Waals surface area contributed by atoms with Crippen LogP contribution in [0.3, 0.4) is 0 Å². The Bertz CT molecular complexity index is 956. The van der Waals surface area contributed by atoms with E-state index in [4.69, 9.17) is 11.6 Å². The predicted molar refractivity (Wildman–Crippen MR) is 123 cm³/mol. The van der Waals surface area contributed by atoms with Crippen molar-refractivity contribution in [3.05, 3.63) is 53.3 Å². The van der Waals surface area contributed by atoms with Gasteiger partial charge in [0.05, 0.1) is 5.04 Å². The van der Waals surface area contributed by atoms with Gasteiger partial charge in [0.2, 0.25) is 0 Å². The molecule has 1 aromatic rings. The van der Waals surface area contributed by atoms with Gasteiger partial charge in [0, 0.05) is 34.9 Å². The van der Waals surface area contributed by atoms with Crippen molar-refractivity contribution in [2.75, 3.05) is 17.7 Å². The van der Waals surface area contributed by atoms with Crippen LogP contribution in [-0.2, 0) is 19.8 Å². The lowest BCUT2D eigenvalue weighted by molar-refractivity contribution is -0.135. The van der Waals surface area contributed by atoms with Crippen molar-refractivity contribution >= 4 is 51.6 Å². The summed E-state index contributed by atoms with van der Waals surface area (Å²) in [7, 11) is 0. The van der Waals surface area contributed by atoms with E-state index in [1.165, 1.54) is 23.6 Å². The first kappa shape index (κ1) is 23.9. The van der Waals surface area contributed by atoms with Gasteiger partial charge in [0.1, 0.15) is 23.5 Å². The molecule has 160 valence electrons. The first-order valence-corrected chi connectivity index (χ1v) is 10.9. The number of carbonyl (C=O) groups is 3.